The van der Waals surface area contributed by atoms with E-state index in [-0.39, 0.29) is 17.8 Å². The second-order valence-corrected chi connectivity index (χ2v) is 20.4. The molecule has 2 bridgehead atoms. The Morgan fingerprint density at radius 2 is 1.21 bits per heavy atom. The minimum Gasteiger partial charge on any atom is -0.381 e. The highest BCUT2D eigenvalue weighted by atomic mass is 16.5. The van der Waals surface area contributed by atoms with Gasteiger partial charge in [-0.2, -0.15) is 0 Å². The summed E-state index contributed by atoms with van der Waals surface area (Å²) in [5.41, 5.74) is -0.000599. The molecule has 0 aromatic heterocycles. The third kappa shape index (κ3) is 16.7. The molecule has 0 amide bonds. The van der Waals surface area contributed by atoms with Crippen LogP contribution in [0.5, 0.6) is 0 Å². The van der Waals surface area contributed by atoms with E-state index in [0.29, 0.717) is 41.6 Å². The van der Waals surface area contributed by atoms with Crippen LogP contribution in [0.2, 0.25) is 0 Å². The van der Waals surface area contributed by atoms with Crippen LogP contribution in [-0.4, -0.2) is 50.3 Å². The fourth-order valence-electron chi connectivity index (χ4n) is 11.3. The molecule has 4 nitrogen and oxygen atoms in total. The molecule has 1 aliphatic heterocycles. The highest BCUT2D eigenvalue weighted by Gasteiger charge is 2.53. The van der Waals surface area contributed by atoms with Crippen molar-refractivity contribution in [2.45, 2.75) is 252 Å². The molecule has 1 unspecified atom stereocenters. The third-order valence-corrected chi connectivity index (χ3v) is 15.3. The third-order valence-electron chi connectivity index (χ3n) is 15.3. The molecule has 9 atom stereocenters. The summed E-state index contributed by atoms with van der Waals surface area (Å²) in [6, 6.07) is 0. The molecule has 0 spiro atoms. The number of ether oxygens (including phenoxy) is 4. The van der Waals surface area contributed by atoms with Crippen molar-refractivity contribution in [3.05, 3.63) is 0 Å². The van der Waals surface area contributed by atoms with Crippen LogP contribution in [0.1, 0.15) is 228 Å². The zero-order chi connectivity index (χ0) is 40.7. The van der Waals surface area contributed by atoms with Gasteiger partial charge < -0.3 is 18.9 Å². The maximum atomic E-state index is 7.10. The summed E-state index contributed by atoms with van der Waals surface area (Å²) in [4.78, 5) is 0. The maximum Gasteiger partial charge on any atom is 0.0889 e. The minimum absolute atomic E-state index is 0.000599. The van der Waals surface area contributed by atoms with E-state index in [9.17, 15) is 0 Å². The first-order valence-corrected chi connectivity index (χ1v) is 25.8. The molecule has 0 N–H and O–H groups in total. The van der Waals surface area contributed by atoms with Crippen molar-refractivity contribution in [2.75, 3.05) is 26.4 Å². The molecule has 1 heterocycles. The number of hydrogen-bond acceptors (Lipinski definition) is 4. The van der Waals surface area contributed by atoms with Gasteiger partial charge in [0.1, 0.15) is 0 Å². The summed E-state index contributed by atoms with van der Waals surface area (Å²) in [6.07, 6.45) is 37.3. The van der Waals surface area contributed by atoms with Crippen LogP contribution in [0.15, 0.2) is 0 Å². The number of fused-ring (bicyclic) bond motifs is 5. The van der Waals surface area contributed by atoms with Gasteiger partial charge in [0.25, 0.3) is 0 Å². The van der Waals surface area contributed by atoms with Crippen molar-refractivity contribution in [3.63, 3.8) is 0 Å². The second-order valence-electron chi connectivity index (χ2n) is 20.4. The van der Waals surface area contributed by atoms with Gasteiger partial charge >= 0.3 is 0 Å². The average Bonchev–Trinajstić information content (AvgIpc) is 3.14. The summed E-state index contributed by atoms with van der Waals surface area (Å²) in [5, 5.41) is 0. The quantitative estimate of drug-likeness (QED) is 0.0517. The molecule has 332 valence electrons. The van der Waals surface area contributed by atoms with E-state index in [4.69, 9.17) is 18.9 Å². The molecule has 1 saturated heterocycles. The Balaban J connectivity index is 1.29. The summed E-state index contributed by atoms with van der Waals surface area (Å²) < 4.78 is 27.1. The molecule has 5 fully saturated rings. The predicted molar refractivity (Wildman–Crippen MR) is 243 cm³/mol. The van der Waals surface area contributed by atoms with Crippen LogP contribution in [0, 0.1) is 59.2 Å². The van der Waals surface area contributed by atoms with Crippen molar-refractivity contribution in [2.24, 2.45) is 47.3 Å². The monoisotopic (exact) mass is 797 g/mol. The van der Waals surface area contributed by atoms with Crippen LogP contribution < -0.4 is 0 Å². The predicted octanol–water partition coefficient (Wildman–Crippen LogP) is 14.9. The van der Waals surface area contributed by atoms with Gasteiger partial charge in [0, 0.05) is 38.1 Å². The molecule has 4 saturated carbocycles. The summed E-state index contributed by atoms with van der Waals surface area (Å²) in [5.74, 6) is 12.8. The summed E-state index contributed by atoms with van der Waals surface area (Å²) in [7, 11) is 0. The van der Waals surface area contributed by atoms with Gasteiger partial charge in [0.15, 0.2) is 0 Å². The lowest BCUT2D eigenvalue weighted by Crippen LogP contribution is -2.57. The van der Waals surface area contributed by atoms with Gasteiger partial charge in [-0.3, -0.25) is 0 Å². The van der Waals surface area contributed by atoms with Crippen molar-refractivity contribution < 1.29 is 18.9 Å². The Hall–Kier alpha value is -0.600. The van der Waals surface area contributed by atoms with E-state index in [1.165, 1.54) is 135 Å². The average molecular weight is 797 g/mol. The van der Waals surface area contributed by atoms with E-state index in [2.05, 4.69) is 60.3 Å². The molecular formula is C53H96O4. The minimum atomic E-state index is -0.000599. The van der Waals surface area contributed by atoms with E-state index in [0.717, 1.165) is 83.2 Å². The zero-order valence-electron chi connectivity index (χ0n) is 39.1. The van der Waals surface area contributed by atoms with Gasteiger partial charge in [-0.25, -0.2) is 0 Å². The molecule has 4 aliphatic carbocycles. The maximum absolute atomic E-state index is 7.10. The fraction of sp³-hybridized carbons (Fsp3) is 0.962. The van der Waals surface area contributed by atoms with E-state index in [1.807, 2.05) is 0 Å². The smallest absolute Gasteiger partial charge is 0.0889 e. The second kappa shape index (κ2) is 28.1. The first-order chi connectivity index (χ1) is 27.8. The molecule has 57 heavy (non-hydrogen) atoms. The van der Waals surface area contributed by atoms with E-state index >= 15 is 0 Å². The number of hydrogen-bond donors (Lipinski definition) is 0. The van der Waals surface area contributed by atoms with Crippen LogP contribution in [-0.2, 0) is 18.9 Å². The molecule has 5 rings (SSSR count). The van der Waals surface area contributed by atoms with E-state index < -0.39 is 0 Å². The first kappa shape index (κ1) is 49.1. The van der Waals surface area contributed by atoms with Crippen molar-refractivity contribution in [1.82, 2.24) is 0 Å². The largest absolute Gasteiger partial charge is 0.381 e. The van der Waals surface area contributed by atoms with E-state index in [1.54, 1.807) is 0 Å². The summed E-state index contributed by atoms with van der Waals surface area (Å²) >= 11 is 0. The zero-order valence-corrected chi connectivity index (χ0v) is 39.1. The van der Waals surface area contributed by atoms with Crippen LogP contribution in [0.3, 0.4) is 0 Å². The Labute approximate surface area is 355 Å². The Bertz CT molecular complexity index is 1070. The normalized spacial score (nSPS) is 30.9. The highest BCUT2D eigenvalue weighted by molar-refractivity contribution is 5.13. The lowest BCUT2D eigenvalue weighted by Gasteiger charge is -2.57. The van der Waals surface area contributed by atoms with Crippen molar-refractivity contribution in [3.8, 4) is 11.8 Å². The number of rotatable bonds is 31. The van der Waals surface area contributed by atoms with Gasteiger partial charge in [0.2, 0.25) is 0 Å². The topological polar surface area (TPSA) is 36.9 Å². The lowest BCUT2D eigenvalue weighted by molar-refractivity contribution is -0.227. The lowest BCUT2D eigenvalue weighted by atomic mass is 9.56. The van der Waals surface area contributed by atoms with Crippen molar-refractivity contribution >= 4 is 0 Å². The van der Waals surface area contributed by atoms with Crippen LogP contribution in [0.4, 0.5) is 0 Å². The van der Waals surface area contributed by atoms with Crippen molar-refractivity contribution in [1.29, 1.82) is 0 Å². The Morgan fingerprint density at radius 1 is 0.632 bits per heavy atom. The highest BCUT2D eigenvalue weighted by Crippen LogP contribution is 2.55. The fourth-order valence-corrected chi connectivity index (χ4v) is 11.3. The van der Waals surface area contributed by atoms with Gasteiger partial charge in [-0.15, -0.1) is 5.92 Å². The Morgan fingerprint density at radius 3 is 1.81 bits per heavy atom. The molecule has 0 aromatic rings. The molecule has 5 aliphatic rings. The molecule has 4 heteroatoms. The molecular weight excluding hydrogens is 701 g/mol. The first-order valence-electron chi connectivity index (χ1n) is 25.8. The van der Waals surface area contributed by atoms with Crippen LogP contribution >= 0.6 is 0 Å². The van der Waals surface area contributed by atoms with Gasteiger partial charge in [-0.05, 0) is 107 Å². The number of unbranched alkanes of at least 4 members (excludes halogenated alkanes) is 16. The van der Waals surface area contributed by atoms with Gasteiger partial charge in [0.05, 0.1) is 30.5 Å². The van der Waals surface area contributed by atoms with Crippen LogP contribution in [0.25, 0.3) is 0 Å². The van der Waals surface area contributed by atoms with Gasteiger partial charge in [-0.1, -0.05) is 156 Å². The summed E-state index contributed by atoms with van der Waals surface area (Å²) in [6.45, 7) is 19.7. The Kier molecular flexibility index (Phi) is 24.2. The molecule has 0 radical (unpaired) electrons. The molecule has 0 aromatic carbocycles. The SMILES string of the molecule is CCCCCCCCCCCCCCCCC(C)C[C@H]1OC(C)(C)[C@H]2CC[C@H]2[C@H]1CC#C[C@@H]1C[C@@H](OCCCC)[C@@H](OCCCC)[C@@H](COCCCC)C2CC1C2. The standard InChI is InChI=1S/C53H96O4/c1-8-12-16-17-18-19-20-21-22-23-24-25-26-27-29-42(5)37-50-47(46-32-33-49(46)53(6,7)57-50)31-28-30-43-40-51(55-35-14-10-3)52(56-36-15-11-4)48(41-54-34-13-9-2)45-38-44(43)39-45/h42-52H,8-27,29,31-41H2,1-7H3/t42?,43-,44?,45?,46+,47-,48+,49+,50-,51-,52+/m1/s1.